The lowest BCUT2D eigenvalue weighted by Crippen LogP contribution is -2.57. The minimum Gasteiger partial charge on any atom is -0.340 e. The van der Waals surface area contributed by atoms with Crippen LogP contribution < -0.4 is 10.6 Å². The molecule has 0 aliphatic carbocycles. The second-order valence-electron chi connectivity index (χ2n) is 9.24. The number of nitrogens with zero attached hydrogens (tertiary/aromatic N) is 2. The third kappa shape index (κ3) is 7.64. The highest BCUT2D eigenvalue weighted by molar-refractivity contribution is 5.98. The van der Waals surface area contributed by atoms with Gasteiger partial charge in [-0.15, -0.1) is 0 Å². The molecule has 0 radical (unpaired) electrons. The van der Waals surface area contributed by atoms with E-state index >= 15 is 0 Å². The summed E-state index contributed by atoms with van der Waals surface area (Å²) in [6.45, 7) is 4.01. The number of amides is 4. The second kappa shape index (κ2) is 12.0. The molecule has 1 aliphatic rings. The number of carbonyl (C=O) groups is 3. The number of carbonyl (C=O) groups excluding carboxylic acids is 3. The van der Waals surface area contributed by atoms with Crippen LogP contribution in [-0.4, -0.2) is 59.9 Å². The Morgan fingerprint density at radius 2 is 1.36 bits per heavy atom. The Hall–Kier alpha value is -3.77. The number of anilines is 1. The number of benzene rings is 2. The molecule has 1 heterocycles. The number of hydrogen-bond acceptors (Lipinski definition) is 3. The number of para-hydroxylation sites is 1. The van der Waals surface area contributed by atoms with Crippen molar-refractivity contribution in [2.45, 2.75) is 38.7 Å². The fraction of sp³-hybridized carbons (Fsp3) is 0.423. The van der Waals surface area contributed by atoms with Gasteiger partial charge in [-0.2, -0.15) is 26.3 Å². The van der Waals surface area contributed by atoms with Crippen LogP contribution in [0.5, 0.6) is 0 Å². The highest BCUT2D eigenvalue weighted by Crippen LogP contribution is 2.36. The van der Waals surface area contributed by atoms with Crippen molar-refractivity contribution in [1.29, 1.82) is 0 Å². The lowest BCUT2D eigenvalue weighted by molar-refractivity contribution is -0.143. The van der Waals surface area contributed by atoms with E-state index in [1.165, 1.54) is 9.80 Å². The molecule has 2 aromatic rings. The van der Waals surface area contributed by atoms with E-state index in [0.29, 0.717) is 24.2 Å². The number of halogens is 6. The summed E-state index contributed by atoms with van der Waals surface area (Å²) in [5.74, 6) is -2.25. The predicted octanol–water partition coefficient (Wildman–Crippen LogP) is 5.25. The average Bonchev–Trinajstić information content (AvgIpc) is 2.90. The number of urea groups is 1. The minimum absolute atomic E-state index is 0.0679. The molecule has 13 heteroatoms. The van der Waals surface area contributed by atoms with E-state index in [-0.39, 0.29) is 38.3 Å². The Labute approximate surface area is 221 Å². The summed E-state index contributed by atoms with van der Waals surface area (Å²) in [7, 11) is 0. The normalized spacial score (nSPS) is 15.9. The SMILES string of the molecule is CCC(C)C(NC(=O)c1cc(C(F)(F)F)cc(C(F)(F)F)c1)C(=O)N1CCN(C(=O)Nc2ccccc2)CC1. The third-order valence-electron chi connectivity index (χ3n) is 6.52. The van der Waals surface area contributed by atoms with Crippen molar-refractivity contribution in [2.75, 3.05) is 31.5 Å². The van der Waals surface area contributed by atoms with Crippen LogP contribution in [0.4, 0.5) is 36.8 Å². The molecule has 2 N–H and O–H groups in total. The fourth-order valence-corrected chi connectivity index (χ4v) is 4.04. The van der Waals surface area contributed by atoms with E-state index in [1.54, 1.807) is 44.2 Å². The number of piperazine rings is 1. The summed E-state index contributed by atoms with van der Waals surface area (Å²) < 4.78 is 79.4. The van der Waals surface area contributed by atoms with Gasteiger partial charge in [0.2, 0.25) is 5.91 Å². The molecule has 3 rings (SSSR count). The molecule has 0 saturated carbocycles. The summed E-state index contributed by atoms with van der Waals surface area (Å²) >= 11 is 0. The maximum Gasteiger partial charge on any atom is 0.416 e. The molecule has 212 valence electrons. The first-order chi connectivity index (χ1) is 18.2. The lowest BCUT2D eigenvalue weighted by Gasteiger charge is -2.37. The Balaban J connectivity index is 1.73. The average molecular weight is 559 g/mol. The third-order valence-corrected chi connectivity index (χ3v) is 6.52. The summed E-state index contributed by atoms with van der Waals surface area (Å²) in [4.78, 5) is 41.6. The molecule has 1 fully saturated rings. The first-order valence-electron chi connectivity index (χ1n) is 12.2. The van der Waals surface area contributed by atoms with Gasteiger partial charge >= 0.3 is 18.4 Å². The van der Waals surface area contributed by atoms with Crippen molar-refractivity contribution in [3.05, 3.63) is 65.2 Å². The summed E-state index contributed by atoms with van der Waals surface area (Å²) in [5.41, 5.74) is -3.51. The molecule has 2 unspecified atom stereocenters. The molecular formula is C26H28F6N4O3. The van der Waals surface area contributed by atoms with Crippen molar-refractivity contribution in [2.24, 2.45) is 5.92 Å². The Morgan fingerprint density at radius 3 is 1.85 bits per heavy atom. The Morgan fingerprint density at radius 1 is 0.846 bits per heavy atom. The maximum atomic E-state index is 13.3. The van der Waals surface area contributed by atoms with Gasteiger partial charge in [0.05, 0.1) is 11.1 Å². The van der Waals surface area contributed by atoms with Gasteiger partial charge in [-0.25, -0.2) is 4.79 Å². The summed E-state index contributed by atoms with van der Waals surface area (Å²) in [6, 6.07) is 7.80. The Bertz CT molecular complexity index is 1150. The van der Waals surface area contributed by atoms with E-state index < -0.39 is 52.8 Å². The highest BCUT2D eigenvalue weighted by Gasteiger charge is 2.38. The van der Waals surface area contributed by atoms with Gasteiger partial charge in [0, 0.05) is 37.4 Å². The fourth-order valence-electron chi connectivity index (χ4n) is 4.04. The lowest BCUT2D eigenvalue weighted by atomic mass is 9.96. The first kappa shape index (κ1) is 29.8. The summed E-state index contributed by atoms with van der Waals surface area (Å²) in [5, 5.41) is 5.09. The van der Waals surface area contributed by atoms with Gasteiger partial charge < -0.3 is 20.4 Å². The largest absolute Gasteiger partial charge is 0.416 e. The monoisotopic (exact) mass is 558 g/mol. The van der Waals surface area contributed by atoms with Gasteiger partial charge in [-0.05, 0) is 36.2 Å². The Kier molecular flexibility index (Phi) is 9.13. The van der Waals surface area contributed by atoms with E-state index in [1.807, 2.05) is 0 Å². The number of rotatable bonds is 6. The van der Waals surface area contributed by atoms with E-state index in [4.69, 9.17) is 0 Å². The van der Waals surface area contributed by atoms with Gasteiger partial charge in [0.25, 0.3) is 5.91 Å². The van der Waals surface area contributed by atoms with Crippen molar-refractivity contribution < 1.29 is 40.7 Å². The van der Waals surface area contributed by atoms with Gasteiger partial charge in [-0.1, -0.05) is 38.5 Å². The predicted molar refractivity (Wildman–Crippen MR) is 131 cm³/mol. The molecule has 1 saturated heterocycles. The van der Waals surface area contributed by atoms with E-state index in [2.05, 4.69) is 10.6 Å². The highest BCUT2D eigenvalue weighted by atomic mass is 19.4. The van der Waals surface area contributed by atoms with Crippen molar-refractivity contribution in [1.82, 2.24) is 15.1 Å². The number of hydrogen-bond donors (Lipinski definition) is 2. The van der Waals surface area contributed by atoms with Crippen LogP contribution in [0.1, 0.15) is 41.8 Å². The molecule has 39 heavy (non-hydrogen) atoms. The quantitative estimate of drug-likeness (QED) is 0.476. The van der Waals surface area contributed by atoms with Crippen molar-refractivity contribution in [3.63, 3.8) is 0 Å². The summed E-state index contributed by atoms with van der Waals surface area (Å²) in [6.07, 6.45) is -9.84. The van der Waals surface area contributed by atoms with E-state index in [9.17, 15) is 40.7 Å². The van der Waals surface area contributed by atoms with Crippen LogP contribution in [-0.2, 0) is 17.1 Å². The van der Waals surface area contributed by atoms with Gasteiger partial charge in [0.15, 0.2) is 0 Å². The maximum absolute atomic E-state index is 13.3. The molecule has 2 aromatic carbocycles. The van der Waals surface area contributed by atoms with Crippen molar-refractivity contribution in [3.8, 4) is 0 Å². The number of nitrogens with one attached hydrogen (secondary N) is 2. The zero-order valence-electron chi connectivity index (χ0n) is 21.2. The van der Waals surface area contributed by atoms with Crippen LogP contribution in [0.2, 0.25) is 0 Å². The van der Waals surface area contributed by atoms with Crippen LogP contribution in [0.25, 0.3) is 0 Å². The van der Waals surface area contributed by atoms with Gasteiger partial charge in [-0.3, -0.25) is 9.59 Å². The number of alkyl halides is 6. The molecule has 0 aromatic heterocycles. The molecule has 0 spiro atoms. The standard InChI is InChI=1S/C26H28F6N4O3/c1-3-16(2)21(34-22(37)17-13-18(25(27,28)29)15-19(14-17)26(30,31)32)23(38)35-9-11-36(12-10-35)24(39)33-20-7-5-4-6-8-20/h4-8,13-16,21H,3,9-12H2,1-2H3,(H,33,39)(H,34,37). The van der Waals surface area contributed by atoms with Crippen LogP contribution in [0.15, 0.2) is 48.5 Å². The van der Waals surface area contributed by atoms with Crippen LogP contribution in [0.3, 0.4) is 0 Å². The molecule has 1 aliphatic heterocycles. The van der Waals surface area contributed by atoms with Crippen molar-refractivity contribution >= 4 is 23.5 Å². The molecule has 2 atom stereocenters. The minimum atomic E-state index is -5.12. The topological polar surface area (TPSA) is 81.8 Å². The zero-order chi connectivity index (χ0) is 29.0. The first-order valence-corrected chi connectivity index (χ1v) is 12.2. The van der Waals surface area contributed by atoms with Crippen LogP contribution >= 0.6 is 0 Å². The molecule has 7 nitrogen and oxygen atoms in total. The van der Waals surface area contributed by atoms with E-state index in [0.717, 1.165) is 0 Å². The zero-order valence-corrected chi connectivity index (χ0v) is 21.2. The molecule has 0 bridgehead atoms. The smallest absolute Gasteiger partial charge is 0.340 e. The van der Waals surface area contributed by atoms with Gasteiger partial charge in [0.1, 0.15) is 6.04 Å². The van der Waals surface area contributed by atoms with Crippen LogP contribution in [0, 0.1) is 5.92 Å². The molecule has 4 amide bonds. The second-order valence-corrected chi connectivity index (χ2v) is 9.24. The molecular weight excluding hydrogens is 530 g/mol.